The van der Waals surface area contributed by atoms with Crippen LogP contribution in [-0.4, -0.2) is 23.8 Å². The minimum atomic E-state index is -0.725. The highest BCUT2D eigenvalue weighted by Crippen LogP contribution is 2.05. The first-order valence-electron chi connectivity index (χ1n) is 4.65. The molecule has 0 aliphatic rings. The van der Waals surface area contributed by atoms with Gasteiger partial charge < -0.3 is 4.74 Å². The molecule has 0 spiro atoms. The summed E-state index contributed by atoms with van der Waals surface area (Å²) < 4.78 is 4.49. The quantitative estimate of drug-likeness (QED) is 0.546. The summed E-state index contributed by atoms with van der Waals surface area (Å²) in [6.45, 7) is 1.54. The lowest BCUT2D eigenvalue weighted by atomic mass is 10.0. The van der Waals surface area contributed by atoms with Gasteiger partial charge in [-0.05, 0) is 19.1 Å². The Kier molecular flexibility index (Phi) is 3.97. The third kappa shape index (κ3) is 3.16. The zero-order chi connectivity index (χ0) is 11.3. The SMILES string of the molecule is COC(=O)C(C)C(=O)Cc1ccccn1. The Bertz CT molecular complexity index is 348. The number of ether oxygens (including phenoxy) is 1. The number of ketones is 1. The van der Waals surface area contributed by atoms with E-state index in [-0.39, 0.29) is 12.2 Å². The molecule has 1 atom stereocenters. The number of carbonyl (C=O) groups excluding carboxylic acids is 2. The number of nitrogens with zero attached hydrogens (tertiary/aromatic N) is 1. The first kappa shape index (κ1) is 11.4. The van der Waals surface area contributed by atoms with Crippen molar-refractivity contribution in [2.24, 2.45) is 5.92 Å². The fourth-order valence-corrected chi connectivity index (χ4v) is 1.14. The molecule has 1 aromatic heterocycles. The summed E-state index contributed by atoms with van der Waals surface area (Å²) in [6, 6.07) is 5.33. The number of esters is 1. The molecule has 0 bridgehead atoms. The summed E-state index contributed by atoms with van der Waals surface area (Å²) in [5, 5.41) is 0. The van der Waals surface area contributed by atoms with Gasteiger partial charge in [-0.2, -0.15) is 0 Å². The van der Waals surface area contributed by atoms with E-state index in [0.29, 0.717) is 5.69 Å². The maximum absolute atomic E-state index is 11.6. The van der Waals surface area contributed by atoms with Crippen molar-refractivity contribution in [3.63, 3.8) is 0 Å². The van der Waals surface area contributed by atoms with E-state index in [2.05, 4.69) is 9.72 Å². The summed E-state index contributed by atoms with van der Waals surface area (Å²) in [5.41, 5.74) is 0.665. The van der Waals surface area contributed by atoms with Crippen LogP contribution in [0.2, 0.25) is 0 Å². The number of methoxy groups -OCH3 is 1. The molecule has 0 N–H and O–H groups in total. The molecule has 0 aliphatic heterocycles. The van der Waals surface area contributed by atoms with E-state index >= 15 is 0 Å². The van der Waals surface area contributed by atoms with Crippen molar-refractivity contribution in [3.05, 3.63) is 30.1 Å². The van der Waals surface area contributed by atoms with E-state index in [9.17, 15) is 9.59 Å². The zero-order valence-corrected chi connectivity index (χ0v) is 8.77. The molecule has 4 nitrogen and oxygen atoms in total. The van der Waals surface area contributed by atoms with Crippen LogP contribution < -0.4 is 0 Å². The largest absolute Gasteiger partial charge is 0.468 e. The van der Waals surface area contributed by atoms with Crippen LogP contribution in [-0.2, 0) is 20.7 Å². The van der Waals surface area contributed by atoms with Gasteiger partial charge in [-0.25, -0.2) is 0 Å². The summed E-state index contributed by atoms with van der Waals surface area (Å²) >= 11 is 0. The van der Waals surface area contributed by atoms with E-state index in [1.807, 2.05) is 0 Å². The predicted octanol–water partition coefficient (Wildman–Crippen LogP) is 1.00. The molecular weight excluding hydrogens is 194 g/mol. The molecule has 15 heavy (non-hydrogen) atoms. The Morgan fingerprint density at radius 2 is 2.20 bits per heavy atom. The maximum atomic E-state index is 11.6. The first-order chi connectivity index (χ1) is 7.15. The molecule has 0 amide bonds. The van der Waals surface area contributed by atoms with Crippen LogP contribution in [0, 0.1) is 5.92 Å². The Labute approximate surface area is 88.3 Å². The lowest BCUT2D eigenvalue weighted by Gasteiger charge is -2.07. The molecule has 0 fully saturated rings. The highest BCUT2D eigenvalue weighted by atomic mass is 16.5. The van der Waals surface area contributed by atoms with Crippen molar-refractivity contribution in [1.82, 2.24) is 4.98 Å². The molecule has 1 rings (SSSR count). The van der Waals surface area contributed by atoms with Gasteiger partial charge in [0.25, 0.3) is 0 Å². The Balaban J connectivity index is 2.60. The molecule has 1 heterocycles. The van der Waals surface area contributed by atoms with E-state index in [1.54, 1.807) is 24.4 Å². The van der Waals surface area contributed by atoms with Crippen LogP contribution in [0.5, 0.6) is 0 Å². The molecule has 1 unspecified atom stereocenters. The van der Waals surface area contributed by atoms with Gasteiger partial charge in [0.1, 0.15) is 5.92 Å². The third-order valence-corrected chi connectivity index (χ3v) is 2.12. The van der Waals surface area contributed by atoms with Crippen molar-refractivity contribution < 1.29 is 14.3 Å². The third-order valence-electron chi connectivity index (χ3n) is 2.12. The molecule has 0 saturated heterocycles. The van der Waals surface area contributed by atoms with Crippen LogP contribution >= 0.6 is 0 Å². The van der Waals surface area contributed by atoms with Gasteiger partial charge in [-0.15, -0.1) is 0 Å². The van der Waals surface area contributed by atoms with Gasteiger partial charge in [-0.1, -0.05) is 6.07 Å². The monoisotopic (exact) mass is 207 g/mol. The van der Waals surface area contributed by atoms with Gasteiger partial charge in [0, 0.05) is 18.3 Å². The Morgan fingerprint density at radius 3 is 2.73 bits per heavy atom. The topological polar surface area (TPSA) is 56.3 Å². The normalized spacial score (nSPS) is 11.9. The minimum absolute atomic E-state index is 0.164. The maximum Gasteiger partial charge on any atom is 0.315 e. The number of hydrogen-bond acceptors (Lipinski definition) is 4. The number of carbonyl (C=O) groups is 2. The predicted molar refractivity (Wildman–Crippen MR) is 54.1 cm³/mol. The van der Waals surface area contributed by atoms with Gasteiger partial charge in [-0.3, -0.25) is 14.6 Å². The number of pyridine rings is 1. The van der Waals surface area contributed by atoms with Gasteiger partial charge >= 0.3 is 5.97 Å². The van der Waals surface area contributed by atoms with E-state index < -0.39 is 11.9 Å². The second-order valence-electron chi connectivity index (χ2n) is 3.21. The van der Waals surface area contributed by atoms with Crippen LogP contribution in [0.1, 0.15) is 12.6 Å². The fourth-order valence-electron chi connectivity index (χ4n) is 1.14. The van der Waals surface area contributed by atoms with Crippen LogP contribution in [0.25, 0.3) is 0 Å². The van der Waals surface area contributed by atoms with Crippen LogP contribution in [0.15, 0.2) is 24.4 Å². The van der Waals surface area contributed by atoms with Crippen molar-refractivity contribution >= 4 is 11.8 Å². The molecule has 0 radical (unpaired) electrons. The first-order valence-corrected chi connectivity index (χ1v) is 4.65. The summed E-state index contributed by atoms with van der Waals surface area (Å²) in [5.74, 6) is -1.41. The fraction of sp³-hybridized carbons (Fsp3) is 0.364. The smallest absolute Gasteiger partial charge is 0.315 e. The Morgan fingerprint density at radius 1 is 1.47 bits per heavy atom. The van der Waals surface area contributed by atoms with E-state index in [4.69, 9.17) is 0 Å². The number of hydrogen-bond donors (Lipinski definition) is 0. The molecule has 0 saturated carbocycles. The number of rotatable bonds is 4. The van der Waals surface area contributed by atoms with Gasteiger partial charge in [0.2, 0.25) is 0 Å². The van der Waals surface area contributed by atoms with Crippen molar-refractivity contribution in [2.75, 3.05) is 7.11 Å². The highest BCUT2D eigenvalue weighted by molar-refractivity contribution is 5.99. The minimum Gasteiger partial charge on any atom is -0.468 e. The van der Waals surface area contributed by atoms with Gasteiger partial charge in [0.05, 0.1) is 7.11 Å². The number of Topliss-reactive ketones (excluding diaryl/α,β-unsaturated/α-hetero) is 1. The average Bonchev–Trinajstić information content (AvgIpc) is 2.28. The van der Waals surface area contributed by atoms with Crippen molar-refractivity contribution in [1.29, 1.82) is 0 Å². The molecule has 0 aromatic carbocycles. The second kappa shape index (κ2) is 5.24. The highest BCUT2D eigenvalue weighted by Gasteiger charge is 2.22. The van der Waals surface area contributed by atoms with E-state index in [1.165, 1.54) is 14.0 Å². The molecular formula is C11H13NO3. The van der Waals surface area contributed by atoms with Crippen molar-refractivity contribution in [3.8, 4) is 0 Å². The zero-order valence-electron chi connectivity index (χ0n) is 8.77. The van der Waals surface area contributed by atoms with Crippen LogP contribution in [0.3, 0.4) is 0 Å². The van der Waals surface area contributed by atoms with Crippen molar-refractivity contribution in [2.45, 2.75) is 13.3 Å². The summed E-state index contributed by atoms with van der Waals surface area (Å²) in [4.78, 5) is 26.7. The molecule has 80 valence electrons. The molecule has 4 heteroatoms. The molecule has 0 aliphatic carbocycles. The average molecular weight is 207 g/mol. The lowest BCUT2D eigenvalue weighted by molar-refractivity contribution is -0.148. The van der Waals surface area contributed by atoms with Crippen LogP contribution in [0.4, 0.5) is 0 Å². The second-order valence-corrected chi connectivity index (χ2v) is 3.21. The summed E-state index contributed by atoms with van der Waals surface area (Å²) in [6.07, 6.45) is 1.78. The van der Waals surface area contributed by atoms with Gasteiger partial charge in [0.15, 0.2) is 5.78 Å². The summed E-state index contributed by atoms with van der Waals surface area (Å²) in [7, 11) is 1.27. The molecule has 1 aromatic rings. The number of aromatic nitrogens is 1. The Hall–Kier alpha value is -1.71. The standard InChI is InChI=1S/C11H13NO3/c1-8(11(14)15-2)10(13)7-9-5-3-4-6-12-9/h3-6,8H,7H2,1-2H3. The lowest BCUT2D eigenvalue weighted by Crippen LogP contribution is -2.24. The van der Waals surface area contributed by atoms with E-state index in [0.717, 1.165) is 0 Å².